The Morgan fingerprint density at radius 2 is 0.758 bits per heavy atom. The number of fused-ring (bicyclic) bond motifs is 3. The molecular formula is C60H42N2. The zero-order valence-electron chi connectivity index (χ0n) is 61.8. The summed E-state index contributed by atoms with van der Waals surface area (Å²) in [5.41, 5.74) is -8.26. The van der Waals surface area contributed by atoms with Crippen molar-refractivity contribution in [3.05, 3.63) is 254 Å². The maximum Gasteiger partial charge on any atom is 0.0651 e. The molecule has 1 aromatic heterocycles. The lowest BCUT2D eigenvalue weighted by Gasteiger charge is -2.26. The van der Waals surface area contributed by atoms with Crippen LogP contribution in [0.25, 0.3) is 83.1 Å². The van der Waals surface area contributed by atoms with Gasteiger partial charge in [-0.1, -0.05) is 181 Å². The van der Waals surface area contributed by atoms with Crippen molar-refractivity contribution in [3.8, 4) is 61.3 Å². The van der Waals surface area contributed by atoms with Crippen molar-refractivity contribution in [2.45, 2.75) is 0 Å². The average molecular weight is 821 g/mol. The minimum atomic E-state index is -1.26. The summed E-state index contributed by atoms with van der Waals surface area (Å²) >= 11 is 0. The van der Waals surface area contributed by atoms with E-state index in [0.717, 1.165) is 11.2 Å². The van der Waals surface area contributed by atoms with Crippen LogP contribution in [0.3, 0.4) is 0 Å². The standard InChI is InChI=1S/C60H42N2/c1-4-14-43(15-5-1)45-26-28-46(29-27-45)47-30-35-54(36-31-47)61(55-37-32-48(33-38-55)50-19-12-18-49(40-50)44-16-6-2-7-17-44)56-23-13-20-51(41-56)52-34-39-60-58(42-52)57-24-10-11-25-59(57)62(60)53-21-8-3-9-22-53/h1-42H/i1D,2D,4D,5D,6D,7D,12D,13D,14D,15D,16D,17D,18D,19D,20D,23D,26D,27D,28D,29D,30D,31D,32D,33D,35D,36D,37D,38D,40D,41D. The van der Waals surface area contributed by atoms with E-state index >= 15 is 0 Å². The second-order valence-electron chi connectivity index (χ2n) is 13.4. The first kappa shape index (κ1) is 17.0. The highest BCUT2D eigenvalue weighted by Gasteiger charge is 2.17. The third-order valence-corrected chi connectivity index (χ3v) is 9.73. The number of hydrogen-bond acceptors (Lipinski definition) is 1. The third-order valence-electron chi connectivity index (χ3n) is 9.73. The van der Waals surface area contributed by atoms with Crippen molar-refractivity contribution in [3.63, 3.8) is 0 Å². The van der Waals surface area contributed by atoms with Crippen molar-refractivity contribution in [2.24, 2.45) is 0 Å². The Morgan fingerprint density at radius 1 is 0.306 bits per heavy atom. The molecule has 0 fully saturated rings. The quantitative estimate of drug-likeness (QED) is 0.141. The highest BCUT2D eigenvalue weighted by molar-refractivity contribution is 6.10. The van der Waals surface area contributed by atoms with Crippen LogP contribution in [0, 0.1) is 0 Å². The van der Waals surface area contributed by atoms with Crippen LogP contribution in [0.2, 0.25) is 0 Å². The predicted molar refractivity (Wildman–Crippen MR) is 263 cm³/mol. The normalized spacial score (nSPS) is 18.0. The van der Waals surface area contributed by atoms with Gasteiger partial charge in [0.25, 0.3) is 0 Å². The van der Waals surface area contributed by atoms with Gasteiger partial charge in [0.05, 0.1) is 52.2 Å². The second kappa shape index (κ2) is 16.1. The smallest absolute Gasteiger partial charge is 0.0651 e. The zero-order chi connectivity index (χ0) is 67.4. The SMILES string of the molecule is [2H]c1c([2H])c([2H])c(-c2c([2H])c([2H])c(-c3c([2H])c([2H])c(N(c4c([2H])c([2H])c(-c5c([2H])c([2H])c([2H])c(-c6c([2H])c([2H])c([2H])c([2H])c6[2H])c5[2H])c([2H])c4[2H])c4c([2H])c([2H])c([2H])c(-c5ccc6c(c5)c5ccccc5n6-c5ccccc5)c4[2H])c([2H])c3[2H])c([2H])c2[2H])c([2H])c1[2H]. The molecule has 0 N–H and O–H groups in total. The molecule has 0 spiro atoms. The average Bonchev–Trinajstić information content (AvgIpc) is 1.54. The summed E-state index contributed by atoms with van der Waals surface area (Å²) in [6, 6.07) is -9.57. The molecule has 62 heavy (non-hydrogen) atoms. The van der Waals surface area contributed by atoms with Gasteiger partial charge >= 0.3 is 0 Å². The van der Waals surface area contributed by atoms with Crippen molar-refractivity contribution < 1.29 is 41.1 Å². The number of rotatable bonds is 9. The molecule has 0 aliphatic rings. The molecule has 292 valence electrons. The number of anilines is 3. The molecule has 2 nitrogen and oxygen atoms in total. The van der Waals surface area contributed by atoms with Crippen LogP contribution < -0.4 is 4.90 Å². The Morgan fingerprint density at radius 3 is 1.37 bits per heavy atom. The van der Waals surface area contributed by atoms with Crippen LogP contribution in [-0.4, -0.2) is 4.57 Å². The number of nitrogens with zero attached hydrogens (tertiary/aromatic N) is 2. The highest BCUT2D eigenvalue weighted by atomic mass is 15.1. The molecule has 1 heterocycles. The van der Waals surface area contributed by atoms with E-state index in [1.165, 1.54) is 6.07 Å². The molecule has 0 atom stereocenters. The number of aromatic nitrogens is 1. The van der Waals surface area contributed by atoms with Gasteiger partial charge < -0.3 is 9.47 Å². The van der Waals surface area contributed by atoms with Crippen LogP contribution >= 0.6 is 0 Å². The molecule has 0 bridgehead atoms. The fourth-order valence-electron chi connectivity index (χ4n) is 6.90. The van der Waals surface area contributed by atoms with Crippen molar-refractivity contribution in [1.82, 2.24) is 4.57 Å². The van der Waals surface area contributed by atoms with Gasteiger partial charge in [-0.15, -0.1) is 0 Å². The lowest BCUT2D eigenvalue weighted by Crippen LogP contribution is -2.10. The van der Waals surface area contributed by atoms with Gasteiger partial charge in [-0.25, -0.2) is 0 Å². The summed E-state index contributed by atoms with van der Waals surface area (Å²) in [6.45, 7) is 0. The van der Waals surface area contributed by atoms with E-state index in [1.807, 2.05) is 53.1 Å². The molecule has 0 aliphatic carbocycles. The maximum atomic E-state index is 10.1. The number of benzene rings is 10. The summed E-state index contributed by atoms with van der Waals surface area (Å²) in [7, 11) is 0. The van der Waals surface area contributed by atoms with Crippen LogP contribution in [0.5, 0.6) is 0 Å². The van der Waals surface area contributed by atoms with Gasteiger partial charge in [-0.3, -0.25) is 0 Å². The zero-order valence-corrected chi connectivity index (χ0v) is 31.8. The largest absolute Gasteiger partial charge is 0.310 e. The van der Waals surface area contributed by atoms with Crippen LogP contribution in [-0.2, 0) is 0 Å². The number of para-hydroxylation sites is 2. The van der Waals surface area contributed by atoms with Crippen molar-refractivity contribution in [2.75, 3.05) is 4.90 Å². The summed E-state index contributed by atoms with van der Waals surface area (Å²) in [4.78, 5) is 0.446. The first-order valence-corrected chi connectivity index (χ1v) is 18.8. The molecule has 0 saturated heterocycles. The molecule has 0 unspecified atom stereocenters. The monoisotopic (exact) mass is 821 g/mol. The number of hydrogen-bond donors (Lipinski definition) is 0. The highest BCUT2D eigenvalue weighted by Crippen LogP contribution is 2.40. The Kier molecular flexibility index (Phi) is 4.43. The lowest BCUT2D eigenvalue weighted by molar-refractivity contribution is 1.18. The molecule has 0 amide bonds. The molecule has 11 aromatic rings. The van der Waals surface area contributed by atoms with Crippen LogP contribution in [0.4, 0.5) is 17.1 Å². The Hall–Kier alpha value is -8.20. The first-order chi connectivity index (χ1) is 43.3. The molecule has 0 saturated carbocycles. The first-order valence-electron chi connectivity index (χ1n) is 33.8. The molecule has 10 aromatic carbocycles. The fraction of sp³-hybridized carbons (Fsp3) is 0. The summed E-state index contributed by atoms with van der Waals surface area (Å²) in [6.07, 6.45) is 0. The fourth-order valence-corrected chi connectivity index (χ4v) is 6.90. The van der Waals surface area contributed by atoms with Gasteiger partial charge in [-0.05, 0) is 128 Å². The Labute approximate surface area is 405 Å². The summed E-state index contributed by atoms with van der Waals surface area (Å²) in [5.74, 6) is 0. The maximum absolute atomic E-state index is 10.1. The Balaban J connectivity index is 1.23. The van der Waals surface area contributed by atoms with E-state index in [0.29, 0.717) is 21.2 Å². The van der Waals surface area contributed by atoms with Crippen LogP contribution in [0.1, 0.15) is 41.1 Å². The van der Waals surface area contributed by atoms with E-state index in [4.69, 9.17) is 20.6 Å². The van der Waals surface area contributed by atoms with E-state index in [-0.39, 0.29) is 5.56 Å². The van der Waals surface area contributed by atoms with Gasteiger partial charge in [-0.2, -0.15) is 0 Å². The van der Waals surface area contributed by atoms with Gasteiger partial charge in [0.1, 0.15) is 0 Å². The van der Waals surface area contributed by atoms with Crippen LogP contribution in [0.15, 0.2) is 254 Å². The molecule has 2 heteroatoms. The minimum Gasteiger partial charge on any atom is -0.310 e. The predicted octanol–water partition coefficient (Wildman–Crippen LogP) is 16.6. The van der Waals surface area contributed by atoms with E-state index in [2.05, 4.69) is 0 Å². The third kappa shape index (κ3) is 7.04. The van der Waals surface area contributed by atoms with Crippen molar-refractivity contribution in [1.29, 1.82) is 0 Å². The van der Waals surface area contributed by atoms with E-state index < -0.39 is 248 Å². The van der Waals surface area contributed by atoms with Gasteiger partial charge in [0.15, 0.2) is 0 Å². The van der Waals surface area contributed by atoms with Gasteiger partial charge in [0.2, 0.25) is 0 Å². The topological polar surface area (TPSA) is 8.17 Å². The second-order valence-corrected chi connectivity index (χ2v) is 13.4. The molecule has 0 radical (unpaired) electrons. The van der Waals surface area contributed by atoms with Gasteiger partial charge in [0, 0.05) is 33.5 Å². The Bertz CT molecular complexity index is 4970. The molecule has 11 rings (SSSR count). The van der Waals surface area contributed by atoms with E-state index in [9.17, 15) is 20.6 Å². The van der Waals surface area contributed by atoms with E-state index in [1.54, 1.807) is 18.2 Å². The lowest BCUT2D eigenvalue weighted by atomic mass is 9.98. The summed E-state index contributed by atoms with van der Waals surface area (Å²) < 4.78 is 274. The summed E-state index contributed by atoms with van der Waals surface area (Å²) in [5, 5.41) is 1.25. The van der Waals surface area contributed by atoms with Crippen molar-refractivity contribution >= 4 is 38.9 Å². The minimum absolute atomic E-state index is 0.0586. The molecule has 0 aliphatic heterocycles. The molecular weight excluding hydrogens is 749 g/mol.